The number of hydrogen-bond donors (Lipinski definition) is 2. The third-order valence-corrected chi connectivity index (χ3v) is 8.30. The van der Waals surface area contributed by atoms with E-state index >= 15 is 0 Å². The molecular formula is C26H34N4O5S. The van der Waals surface area contributed by atoms with Crippen LogP contribution in [0.5, 0.6) is 0 Å². The van der Waals surface area contributed by atoms with Crippen LogP contribution < -0.4 is 10.6 Å². The van der Waals surface area contributed by atoms with Crippen molar-refractivity contribution in [2.24, 2.45) is 5.92 Å². The van der Waals surface area contributed by atoms with Gasteiger partial charge in [-0.1, -0.05) is 27.2 Å². The van der Waals surface area contributed by atoms with Crippen molar-refractivity contribution in [3.05, 3.63) is 54.1 Å². The summed E-state index contributed by atoms with van der Waals surface area (Å²) in [5.74, 6) is -0.945. The molecular weight excluding hydrogens is 480 g/mol. The summed E-state index contributed by atoms with van der Waals surface area (Å²) in [5.41, 5.74) is 1.39. The molecule has 3 rings (SSSR count). The van der Waals surface area contributed by atoms with Gasteiger partial charge in [0.2, 0.25) is 21.8 Å². The highest BCUT2D eigenvalue weighted by Crippen LogP contribution is 2.22. The fourth-order valence-electron chi connectivity index (χ4n) is 4.09. The number of sulfonamides is 1. The van der Waals surface area contributed by atoms with Gasteiger partial charge in [-0.3, -0.25) is 14.4 Å². The largest absolute Gasteiger partial charge is 0.342 e. The second-order valence-electron chi connectivity index (χ2n) is 8.73. The topological polar surface area (TPSA) is 116 Å². The van der Waals surface area contributed by atoms with Crippen molar-refractivity contribution in [1.29, 1.82) is 0 Å². The van der Waals surface area contributed by atoms with Gasteiger partial charge in [0.15, 0.2) is 0 Å². The molecule has 1 atom stereocenters. The molecule has 1 saturated heterocycles. The molecule has 0 aromatic heterocycles. The predicted molar refractivity (Wildman–Crippen MR) is 139 cm³/mol. The summed E-state index contributed by atoms with van der Waals surface area (Å²) in [6.07, 6.45) is 2.12. The first-order valence-electron chi connectivity index (χ1n) is 12.3. The lowest BCUT2D eigenvalue weighted by atomic mass is 10.1. The van der Waals surface area contributed by atoms with E-state index in [-0.39, 0.29) is 35.0 Å². The lowest BCUT2D eigenvalue weighted by Gasteiger charge is -2.18. The first kappa shape index (κ1) is 27.3. The molecule has 2 N–H and O–H groups in total. The zero-order valence-corrected chi connectivity index (χ0v) is 21.8. The predicted octanol–water partition coefficient (Wildman–Crippen LogP) is 3.56. The number of hydrogen-bond acceptors (Lipinski definition) is 5. The van der Waals surface area contributed by atoms with Crippen molar-refractivity contribution in [3.8, 4) is 0 Å². The molecule has 10 heteroatoms. The molecule has 2 aromatic carbocycles. The van der Waals surface area contributed by atoms with Crippen molar-refractivity contribution >= 4 is 39.1 Å². The Labute approximate surface area is 212 Å². The fourth-order valence-corrected chi connectivity index (χ4v) is 5.55. The van der Waals surface area contributed by atoms with E-state index < -0.39 is 10.0 Å². The number of benzene rings is 2. The monoisotopic (exact) mass is 514 g/mol. The Kier molecular flexibility index (Phi) is 9.22. The zero-order valence-electron chi connectivity index (χ0n) is 21.0. The van der Waals surface area contributed by atoms with Gasteiger partial charge in [0, 0.05) is 49.5 Å². The van der Waals surface area contributed by atoms with E-state index in [0.717, 1.165) is 12.8 Å². The summed E-state index contributed by atoms with van der Waals surface area (Å²) < 4.78 is 26.6. The molecule has 0 saturated carbocycles. The molecule has 3 amide bonds. The van der Waals surface area contributed by atoms with Crippen LogP contribution >= 0.6 is 0 Å². The van der Waals surface area contributed by atoms with Crippen LogP contribution in [0.15, 0.2) is 53.4 Å². The Morgan fingerprint density at radius 3 is 2.11 bits per heavy atom. The van der Waals surface area contributed by atoms with Crippen molar-refractivity contribution in [1.82, 2.24) is 9.21 Å². The van der Waals surface area contributed by atoms with Crippen molar-refractivity contribution < 1.29 is 22.8 Å². The number of carbonyl (C=O) groups excluding carboxylic acids is 3. The molecule has 1 unspecified atom stereocenters. The molecule has 0 aliphatic carbocycles. The summed E-state index contributed by atoms with van der Waals surface area (Å²) in [5, 5.41) is 5.57. The van der Waals surface area contributed by atoms with E-state index in [0.29, 0.717) is 43.1 Å². The molecule has 0 radical (unpaired) electrons. The first-order valence-corrected chi connectivity index (χ1v) is 13.7. The summed E-state index contributed by atoms with van der Waals surface area (Å²) in [6.45, 7) is 7.49. The van der Waals surface area contributed by atoms with Crippen LogP contribution in [0.1, 0.15) is 50.4 Å². The molecule has 0 spiro atoms. The van der Waals surface area contributed by atoms with Gasteiger partial charge in [0.25, 0.3) is 5.91 Å². The molecule has 1 aliphatic rings. The Hall–Kier alpha value is -3.24. The highest BCUT2D eigenvalue weighted by molar-refractivity contribution is 7.89. The van der Waals surface area contributed by atoms with E-state index in [1.165, 1.54) is 16.4 Å². The van der Waals surface area contributed by atoms with Crippen LogP contribution in [0.4, 0.5) is 11.4 Å². The summed E-state index contributed by atoms with van der Waals surface area (Å²) >= 11 is 0. The SMILES string of the molecule is CCCCN1CC(C(=O)Nc2ccc(C(=O)Nc3ccc(S(=O)(=O)N(CC)CC)cc3)cc2)CC1=O. The maximum Gasteiger partial charge on any atom is 0.255 e. The molecule has 9 nitrogen and oxygen atoms in total. The summed E-state index contributed by atoms with van der Waals surface area (Å²) in [6, 6.07) is 12.5. The number of unbranched alkanes of at least 4 members (excludes halogenated alkanes) is 1. The molecule has 1 aliphatic heterocycles. The molecule has 0 bridgehead atoms. The quantitative estimate of drug-likeness (QED) is 0.476. The average molecular weight is 515 g/mol. The first-order chi connectivity index (χ1) is 17.2. The average Bonchev–Trinajstić information content (AvgIpc) is 3.24. The van der Waals surface area contributed by atoms with E-state index in [1.807, 2.05) is 0 Å². The van der Waals surface area contributed by atoms with E-state index in [9.17, 15) is 22.8 Å². The van der Waals surface area contributed by atoms with Crippen LogP contribution in [0, 0.1) is 5.92 Å². The van der Waals surface area contributed by atoms with Gasteiger partial charge in [-0.05, 0) is 55.0 Å². The second-order valence-corrected chi connectivity index (χ2v) is 10.7. The van der Waals surface area contributed by atoms with Gasteiger partial charge >= 0.3 is 0 Å². The van der Waals surface area contributed by atoms with Gasteiger partial charge < -0.3 is 15.5 Å². The Morgan fingerprint density at radius 2 is 1.53 bits per heavy atom. The van der Waals surface area contributed by atoms with Crippen LogP contribution in [-0.4, -0.2) is 61.5 Å². The minimum absolute atomic E-state index is 0.00862. The lowest BCUT2D eigenvalue weighted by molar-refractivity contribution is -0.128. The van der Waals surface area contributed by atoms with Crippen LogP contribution in [-0.2, 0) is 19.6 Å². The number of likely N-dealkylation sites (tertiary alicyclic amines) is 1. The number of anilines is 2. The smallest absolute Gasteiger partial charge is 0.255 e. The van der Waals surface area contributed by atoms with Gasteiger partial charge in [-0.15, -0.1) is 0 Å². The maximum atomic E-state index is 12.6. The van der Waals surface area contributed by atoms with Gasteiger partial charge in [-0.2, -0.15) is 4.31 Å². The second kappa shape index (κ2) is 12.1. The number of carbonyl (C=O) groups is 3. The lowest BCUT2D eigenvalue weighted by Crippen LogP contribution is -2.30. The van der Waals surface area contributed by atoms with Crippen molar-refractivity contribution in [2.45, 2.75) is 44.9 Å². The van der Waals surface area contributed by atoms with E-state index in [1.54, 1.807) is 55.1 Å². The van der Waals surface area contributed by atoms with E-state index in [4.69, 9.17) is 0 Å². The normalized spacial score (nSPS) is 15.8. The molecule has 1 fully saturated rings. The third kappa shape index (κ3) is 6.50. The minimum Gasteiger partial charge on any atom is -0.342 e. The Bertz CT molecular complexity index is 1180. The van der Waals surface area contributed by atoms with Gasteiger partial charge in [0.1, 0.15) is 0 Å². The Morgan fingerprint density at radius 1 is 0.944 bits per heavy atom. The molecule has 1 heterocycles. The highest BCUT2D eigenvalue weighted by Gasteiger charge is 2.33. The highest BCUT2D eigenvalue weighted by atomic mass is 32.2. The maximum absolute atomic E-state index is 12.6. The van der Waals surface area contributed by atoms with Gasteiger partial charge in [0.05, 0.1) is 10.8 Å². The fraction of sp³-hybridized carbons (Fsp3) is 0.423. The summed E-state index contributed by atoms with van der Waals surface area (Å²) in [4.78, 5) is 39.3. The van der Waals surface area contributed by atoms with Crippen molar-refractivity contribution in [3.63, 3.8) is 0 Å². The van der Waals surface area contributed by atoms with Gasteiger partial charge in [-0.25, -0.2) is 8.42 Å². The van der Waals surface area contributed by atoms with Crippen LogP contribution in [0.2, 0.25) is 0 Å². The standard InChI is InChI=1S/C26H34N4O5S/c1-4-7-16-29-18-20(17-24(29)31)26(33)28-21-10-8-19(9-11-21)25(32)27-22-12-14-23(15-13-22)36(34,35)30(5-2)6-3/h8-15,20H,4-7,16-18H2,1-3H3,(H,27,32)(H,28,33). The van der Waals surface area contributed by atoms with Crippen LogP contribution in [0.3, 0.4) is 0 Å². The molecule has 36 heavy (non-hydrogen) atoms. The number of nitrogens with zero attached hydrogens (tertiary/aromatic N) is 2. The minimum atomic E-state index is -3.57. The number of nitrogens with one attached hydrogen (secondary N) is 2. The number of amides is 3. The zero-order chi connectivity index (χ0) is 26.3. The number of rotatable bonds is 11. The molecule has 2 aromatic rings. The van der Waals surface area contributed by atoms with Crippen LogP contribution in [0.25, 0.3) is 0 Å². The summed E-state index contributed by atoms with van der Waals surface area (Å²) in [7, 11) is -3.57. The van der Waals surface area contributed by atoms with E-state index in [2.05, 4.69) is 17.6 Å². The van der Waals surface area contributed by atoms with Crippen molar-refractivity contribution in [2.75, 3.05) is 36.8 Å². The third-order valence-electron chi connectivity index (χ3n) is 6.24. The Balaban J connectivity index is 1.57. The molecule has 194 valence electrons.